The van der Waals surface area contributed by atoms with Crippen LogP contribution in [0.3, 0.4) is 0 Å². The summed E-state index contributed by atoms with van der Waals surface area (Å²) >= 11 is 11.2. The van der Waals surface area contributed by atoms with Crippen molar-refractivity contribution in [2.45, 2.75) is 18.3 Å². The third-order valence-electron chi connectivity index (χ3n) is 1.89. The van der Waals surface area contributed by atoms with Gasteiger partial charge in [0, 0.05) is 0 Å². The van der Waals surface area contributed by atoms with Gasteiger partial charge in [0.25, 0.3) is 0 Å². The molecule has 0 atom stereocenters. The second kappa shape index (κ2) is 5.62. The van der Waals surface area contributed by atoms with Crippen LogP contribution in [-0.2, 0) is 6.04 Å². The van der Waals surface area contributed by atoms with Crippen LogP contribution in [0.4, 0.5) is 22.0 Å². The van der Waals surface area contributed by atoms with E-state index in [1.807, 2.05) is 0 Å². The number of ether oxygens (including phenoxy) is 1. The highest BCUT2D eigenvalue weighted by Gasteiger charge is 2.61. The molecule has 9 heteroatoms. The average Bonchev–Trinajstić information content (AvgIpc) is 2.18. The van der Waals surface area contributed by atoms with Crippen molar-refractivity contribution in [1.82, 2.24) is 0 Å². The molecule has 0 N–H and O–H groups in total. The third kappa shape index (κ3) is 4.29. The fourth-order valence-electron chi connectivity index (χ4n) is 1.08. The molecule has 18 heavy (non-hydrogen) atoms. The van der Waals surface area contributed by atoms with Gasteiger partial charge in [0.2, 0.25) is 7.42 Å². The van der Waals surface area contributed by atoms with Crippen LogP contribution < -0.4 is 4.74 Å². The molecule has 0 aromatic heterocycles. The second-order valence-corrected chi connectivity index (χ2v) is 8.38. The number of halogens is 7. The summed E-state index contributed by atoms with van der Waals surface area (Å²) in [4.78, 5) is 0. The molecule has 0 spiro atoms. The molecular formula is C9H7Cl2F5OSi. The van der Waals surface area contributed by atoms with E-state index >= 15 is 0 Å². The van der Waals surface area contributed by atoms with Crippen molar-refractivity contribution in [2.24, 2.45) is 0 Å². The Kier molecular flexibility index (Phi) is 4.85. The lowest BCUT2D eigenvalue weighted by Gasteiger charge is -2.20. The van der Waals surface area contributed by atoms with Crippen molar-refractivity contribution in [1.29, 1.82) is 0 Å². The summed E-state index contributed by atoms with van der Waals surface area (Å²) < 4.78 is 64.3. The molecule has 1 aromatic carbocycles. The minimum absolute atomic E-state index is 0.388. The molecular weight excluding hydrogens is 318 g/mol. The summed E-state index contributed by atoms with van der Waals surface area (Å²) in [7, 11) is -1.91. The first kappa shape index (κ1) is 15.5. The van der Waals surface area contributed by atoms with E-state index in [2.05, 4.69) is 4.74 Å². The largest absolute Gasteiger partial charge is 0.499 e. The molecule has 0 unspecified atom stereocenters. The minimum Gasteiger partial charge on any atom is -0.426 e. The maximum atomic E-state index is 12.5. The van der Waals surface area contributed by atoms with Gasteiger partial charge in [-0.05, 0) is 23.7 Å². The summed E-state index contributed by atoms with van der Waals surface area (Å²) in [5.74, 6) is -0.580. The molecule has 0 aliphatic carbocycles. The van der Waals surface area contributed by atoms with Gasteiger partial charge in [0.05, 0.1) is 0 Å². The molecule has 0 aliphatic rings. The van der Waals surface area contributed by atoms with Gasteiger partial charge in [-0.1, -0.05) is 12.1 Å². The predicted octanol–water partition coefficient (Wildman–Crippen LogP) is 4.00. The van der Waals surface area contributed by atoms with Gasteiger partial charge < -0.3 is 4.74 Å². The summed E-state index contributed by atoms with van der Waals surface area (Å²) in [6.07, 6.45) is -11.0. The van der Waals surface area contributed by atoms with E-state index in [-0.39, 0.29) is 0 Å². The van der Waals surface area contributed by atoms with E-state index in [9.17, 15) is 22.0 Å². The highest BCUT2D eigenvalue weighted by molar-refractivity contribution is 7.33. The number of alkyl halides is 5. The van der Waals surface area contributed by atoms with Crippen LogP contribution in [-0.4, -0.2) is 19.7 Å². The van der Waals surface area contributed by atoms with Crippen LogP contribution in [0.25, 0.3) is 0 Å². The topological polar surface area (TPSA) is 9.23 Å². The Hall–Kier alpha value is -0.533. The lowest BCUT2D eigenvalue weighted by atomic mass is 10.2. The summed E-state index contributed by atoms with van der Waals surface area (Å²) in [6, 6.07) is 5.09. The zero-order valence-corrected chi connectivity index (χ0v) is 11.3. The number of benzene rings is 1. The first-order valence-corrected chi connectivity index (χ1v) is 8.93. The van der Waals surface area contributed by atoms with Crippen molar-refractivity contribution in [3.63, 3.8) is 0 Å². The molecule has 0 aliphatic heterocycles. The summed E-state index contributed by atoms with van der Waals surface area (Å²) in [5.41, 5.74) is 0.652. The number of hydrogen-bond donors (Lipinski definition) is 0. The Morgan fingerprint density at radius 2 is 1.50 bits per heavy atom. The Labute approximate surface area is 110 Å². The zero-order chi connectivity index (χ0) is 14.0. The van der Waals surface area contributed by atoms with Crippen molar-refractivity contribution in [3.8, 4) is 5.75 Å². The minimum atomic E-state index is -5.75. The van der Waals surface area contributed by atoms with Crippen molar-refractivity contribution in [3.05, 3.63) is 29.8 Å². The van der Waals surface area contributed by atoms with Gasteiger partial charge in [0.15, 0.2) is 0 Å². The fourth-order valence-corrected chi connectivity index (χ4v) is 2.78. The van der Waals surface area contributed by atoms with Gasteiger partial charge >= 0.3 is 12.3 Å². The molecule has 1 rings (SSSR count). The number of rotatable bonds is 4. The van der Waals surface area contributed by atoms with Crippen molar-refractivity contribution >= 4 is 29.6 Å². The van der Waals surface area contributed by atoms with Crippen molar-refractivity contribution in [2.75, 3.05) is 0 Å². The molecule has 0 saturated carbocycles. The predicted molar refractivity (Wildman–Crippen MR) is 60.6 cm³/mol. The highest BCUT2D eigenvalue weighted by Crippen LogP contribution is 2.37. The molecule has 0 bridgehead atoms. The molecule has 1 nitrogen and oxygen atoms in total. The van der Waals surface area contributed by atoms with Crippen molar-refractivity contribution < 1.29 is 26.7 Å². The van der Waals surface area contributed by atoms with Gasteiger partial charge in [0.1, 0.15) is 5.75 Å². The van der Waals surface area contributed by atoms with E-state index in [4.69, 9.17) is 22.2 Å². The maximum Gasteiger partial charge on any atom is 0.499 e. The van der Waals surface area contributed by atoms with E-state index in [0.717, 1.165) is 12.1 Å². The van der Waals surface area contributed by atoms with E-state index in [1.54, 1.807) is 0 Å². The number of hydrogen-bond acceptors (Lipinski definition) is 1. The fraction of sp³-hybridized carbons (Fsp3) is 0.333. The van der Waals surface area contributed by atoms with E-state index in [0.29, 0.717) is 11.6 Å². The first-order chi connectivity index (χ1) is 8.12. The zero-order valence-electron chi connectivity index (χ0n) is 8.65. The molecule has 0 radical (unpaired) electrons. The first-order valence-electron chi connectivity index (χ1n) is 4.62. The third-order valence-corrected chi connectivity index (χ3v) is 3.60. The molecule has 0 heterocycles. The molecule has 0 amide bonds. The van der Waals surface area contributed by atoms with Crippen LogP contribution in [0, 0.1) is 0 Å². The Balaban J connectivity index is 2.75. The molecule has 0 fully saturated rings. The van der Waals surface area contributed by atoms with Gasteiger partial charge in [-0.15, -0.1) is 22.2 Å². The smallest absolute Gasteiger partial charge is 0.426 e. The molecule has 0 saturated heterocycles. The SMILES string of the molecule is FC(F)(F)C(F)(F)Oc1ccc(C[SiH](Cl)Cl)cc1. The van der Waals surface area contributed by atoms with Gasteiger partial charge in [-0.25, -0.2) is 0 Å². The van der Waals surface area contributed by atoms with E-state index < -0.39 is 25.5 Å². The van der Waals surface area contributed by atoms with E-state index in [1.165, 1.54) is 12.1 Å². The van der Waals surface area contributed by atoms with Crippen LogP contribution in [0.1, 0.15) is 5.56 Å². The quantitative estimate of drug-likeness (QED) is 0.462. The average molecular weight is 325 g/mol. The summed E-state index contributed by atoms with van der Waals surface area (Å²) in [6.45, 7) is 0. The molecule has 102 valence electrons. The second-order valence-electron chi connectivity index (χ2n) is 3.36. The lowest BCUT2D eigenvalue weighted by Crippen LogP contribution is -2.41. The van der Waals surface area contributed by atoms with Crippen LogP contribution >= 0.6 is 22.2 Å². The van der Waals surface area contributed by atoms with Gasteiger partial charge in [-0.2, -0.15) is 22.0 Å². The van der Waals surface area contributed by atoms with Crippen LogP contribution in [0.15, 0.2) is 24.3 Å². The summed E-state index contributed by atoms with van der Waals surface area (Å²) in [5, 5.41) is 0. The normalized spacial score (nSPS) is 12.9. The maximum absolute atomic E-state index is 12.5. The highest BCUT2D eigenvalue weighted by atomic mass is 35.7. The monoisotopic (exact) mass is 324 g/mol. The molecule has 1 aromatic rings. The Morgan fingerprint density at radius 1 is 1.00 bits per heavy atom. The van der Waals surface area contributed by atoms with Gasteiger partial charge in [-0.3, -0.25) is 0 Å². The Morgan fingerprint density at radius 3 is 1.89 bits per heavy atom. The standard InChI is InChI=1S/C9H7Cl2F5OSi/c10-18(11)5-6-1-3-7(4-2-6)17-9(15,16)8(12,13)14/h1-4,18H,5H2. The van der Waals surface area contributed by atoms with Crippen LogP contribution in [0.2, 0.25) is 0 Å². The lowest BCUT2D eigenvalue weighted by molar-refractivity contribution is -0.360. The van der Waals surface area contributed by atoms with Crippen LogP contribution in [0.5, 0.6) is 5.75 Å². The Bertz CT molecular complexity index is 393.